The highest BCUT2D eigenvalue weighted by Gasteiger charge is 2.57. The number of anilines is 2. The number of carbonyl (C=O) groups excluding carboxylic acids is 4. The van der Waals surface area contributed by atoms with Gasteiger partial charge < -0.3 is 40.3 Å². The van der Waals surface area contributed by atoms with Crippen molar-refractivity contribution in [2.24, 2.45) is 22.7 Å². The van der Waals surface area contributed by atoms with Crippen LogP contribution in [-0.2, 0) is 32.0 Å². The molecular formula is C56H61F10N11O7. The second-order valence-corrected chi connectivity index (χ2v) is 21.5. The number of hydrogen-bond acceptors (Lipinski definition) is 13. The number of pyridine rings is 2. The fourth-order valence-electron chi connectivity index (χ4n) is 9.77. The van der Waals surface area contributed by atoms with Gasteiger partial charge in [0, 0.05) is 80.1 Å². The van der Waals surface area contributed by atoms with Gasteiger partial charge in [0.15, 0.2) is 0 Å². The lowest BCUT2D eigenvalue weighted by molar-refractivity contribution is -0.221. The Morgan fingerprint density at radius 3 is 1.74 bits per heavy atom. The Morgan fingerprint density at radius 1 is 0.714 bits per heavy atom. The smallest absolute Gasteiger partial charge is 0.407 e. The van der Waals surface area contributed by atoms with Crippen LogP contribution >= 0.6 is 0 Å². The zero-order valence-electron chi connectivity index (χ0n) is 46.2. The Hall–Kier alpha value is -8.19. The molecule has 452 valence electrons. The number of fused-ring (bicyclic) bond motifs is 2. The molecule has 2 aliphatic rings. The number of hydrogen-bond donors (Lipinski definition) is 5. The van der Waals surface area contributed by atoms with Gasteiger partial charge in [-0.05, 0) is 112 Å². The molecule has 28 heteroatoms. The summed E-state index contributed by atoms with van der Waals surface area (Å²) < 4.78 is 155. The number of alkyl carbamates (subject to hydrolysis) is 2. The molecule has 0 saturated carbocycles. The minimum absolute atomic E-state index is 0.175. The molecule has 0 aliphatic carbocycles. The number of ether oxygens (including phenoxy) is 2. The molecular weight excluding hydrogens is 1130 g/mol. The number of halogens is 10. The van der Waals surface area contributed by atoms with Gasteiger partial charge >= 0.3 is 31.1 Å². The first-order valence-electron chi connectivity index (χ1n) is 26.1. The summed E-state index contributed by atoms with van der Waals surface area (Å²) in [5.74, 6) is 2.59. The van der Waals surface area contributed by atoms with Gasteiger partial charge in [-0.25, -0.2) is 38.0 Å². The first-order chi connectivity index (χ1) is 39.5. The van der Waals surface area contributed by atoms with E-state index in [1.807, 2.05) is 41.1 Å². The summed E-state index contributed by atoms with van der Waals surface area (Å²) in [5, 5.41) is 22.0. The molecule has 0 spiro atoms. The highest BCUT2D eigenvalue weighted by atomic mass is 19.4. The largest absolute Gasteiger partial charge is 0.453 e. The van der Waals surface area contributed by atoms with E-state index in [1.54, 1.807) is 29.8 Å². The first-order valence-corrected chi connectivity index (χ1v) is 26.1. The minimum Gasteiger partial charge on any atom is -0.453 e. The van der Waals surface area contributed by atoms with Crippen LogP contribution in [0.4, 0.5) is 65.1 Å². The fourth-order valence-corrected chi connectivity index (χ4v) is 9.77. The molecule has 2 aliphatic heterocycles. The molecule has 84 heavy (non-hydrogen) atoms. The van der Waals surface area contributed by atoms with Crippen molar-refractivity contribution < 1.29 is 77.7 Å². The number of hydrazine groups is 1. The monoisotopic (exact) mass is 1190 g/mol. The van der Waals surface area contributed by atoms with E-state index in [1.165, 1.54) is 12.1 Å². The zero-order chi connectivity index (χ0) is 61.5. The Labute approximate surface area is 476 Å². The van der Waals surface area contributed by atoms with Crippen molar-refractivity contribution in [2.75, 3.05) is 56.7 Å². The van der Waals surface area contributed by atoms with Gasteiger partial charge in [0.1, 0.15) is 35.4 Å². The predicted molar refractivity (Wildman–Crippen MR) is 284 cm³/mol. The van der Waals surface area contributed by atoms with Crippen molar-refractivity contribution in [3.05, 3.63) is 125 Å². The summed E-state index contributed by atoms with van der Waals surface area (Å²) in [5.41, 5.74) is -4.24. The summed E-state index contributed by atoms with van der Waals surface area (Å²) in [6.07, 6.45) is -9.84. The third-order valence-electron chi connectivity index (χ3n) is 14.8. The SMILES string of the molecule is COC(=O)N[C@H](C(=O)N[C@@H](Cc1ccc(C#Cc2ccc(N3CC4CC(CN(c5ccccn5)C4)C3)nc2)cc1)[C@@H](O)CN(Cc1c(F)cc(-c2cnn(C(F)F)c2)cc1F)NC(=O)[C@@H](NC(=O)OC)C(C)(C)C(F)(F)F)C(C)(C)C(F)(F)F. The molecule has 7 rings (SSSR count). The maximum Gasteiger partial charge on any atom is 0.407 e. The van der Waals surface area contributed by atoms with Gasteiger partial charge in [-0.15, -0.1) is 0 Å². The lowest BCUT2D eigenvalue weighted by Crippen LogP contribution is -2.63. The van der Waals surface area contributed by atoms with Crippen molar-refractivity contribution in [2.45, 2.75) is 90.2 Å². The molecule has 5 N–H and O–H groups in total. The average molecular weight is 1190 g/mol. The number of nitrogens with one attached hydrogen (secondary N) is 4. The van der Waals surface area contributed by atoms with Gasteiger partial charge in [-0.2, -0.15) is 40.2 Å². The predicted octanol–water partition coefficient (Wildman–Crippen LogP) is 7.92. The molecule has 2 aromatic carbocycles. The Balaban J connectivity index is 1.17. The molecule has 2 fully saturated rings. The van der Waals surface area contributed by atoms with E-state index in [9.17, 15) is 59.4 Å². The lowest BCUT2D eigenvalue weighted by Gasteiger charge is -2.46. The van der Waals surface area contributed by atoms with E-state index in [0.29, 0.717) is 67.8 Å². The number of alkyl halides is 8. The summed E-state index contributed by atoms with van der Waals surface area (Å²) in [6, 6.07) is 10.2. The summed E-state index contributed by atoms with van der Waals surface area (Å²) >= 11 is 0. The van der Waals surface area contributed by atoms with E-state index in [2.05, 4.69) is 46.5 Å². The summed E-state index contributed by atoms with van der Waals surface area (Å²) in [6.45, 7) is 0.250. The standard InChI is InChI=1S/C56H61F10N11O7/c1-53(2,55(61,62)63)46(71-51(81)83-5)48(79)70-42(20-33-13-10-32(11-14-33)12-15-34-16-17-45(68-23-34)75-27-35-19-36(28-75)26-74(25-35)44-9-7-8-18-67-44)43(78)31-76(73-49(80)47(72-52(82)84-6)54(3,4)56(64,65)66)30-39-40(57)21-37(22-41(39)58)38-24-69-77(29-38)50(59)60/h7-11,13-14,16-18,21-24,29,35-36,42-43,46-47,50,78H,19-20,25-28,30-31H2,1-6H3,(H,70,79)(H,71,81)(H,72,82)(H,73,80)/t35?,36?,42-,43-,46+,47+/m0/s1. The van der Waals surface area contributed by atoms with Gasteiger partial charge in [-0.3, -0.25) is 15.0 Å². The third kappa shape index (κ3) is 15.3. The number of nitrogens with zero attached hydrogens (tertiary/aromatic N) is 7. The number of carbonyl (C=O) groups is 4. The van der Waals surface area contributed by atoms with E-state index in [0.717, 1.165) is 70.8 Å². The van der Waals surface area contributed by atoms with Crippen molar-refractivity contribution >= 4 is 35.6 Å². The number of aromatic nitrogens is 4. The second kappa shape index (κ2) is 26.2. The molecule has 6 atom stereocenters. The number of piperidine rings is 2. The van der Waals surface area contributed by atoms with Gasteiger partial charge in [-0.1, -0.05) is 30.0 Å². The Kier molecular flexibility index (Phi) is 19.7. The van der Waals surface area contributed by atoms with Crippen LogP contribution in [0.1, 0.15) is 62.9 Å². The Bertz CT molecular complexity index is 3140. The molecule has 3 aromatic heterocycles. The summed E-state index contributed by atoms with van der Waals surface area (Å²) in [4.78, 5) is 66.8. The maximum atomic E-state index is 16.1. The van der Waals surface area contributed by atoms with E-state index in [-0.39, 0.29) is 21.4 Å². The topological polar surface area (TPSA) is 208 Å². The molecule has 2 bridgehead atoms. The van der Waals surface area contributed by atoms with Crippen molar-refractivity contribution in [3.63, 3.8) is 0 Å². The first kappa shape index (κ1) is 63.4. The number of benzene rings is 2. The van der Waals surface area contributed by atoms with Crippen LogP contribution in [0.25, 0.3) is 11.1 Å². The van der Waals surface area contributed by atoms with Crippen LogP contribution in [0.2, 0.25) is 0 Å². The van der Waals surface area contributed by atoms with Gasteiger partial charge in [0.05, 0.1) is 43.4 Å². The maximum absolute atomic E-state index is 16.1. The van der Waals surface area contributed by atoms with Crippen molar-refractivity contribution in [1.82, 2.24) is 46.1 Å². The zero-order valence-corrected chi connectivity index (χ0v) is 46.2. The molecule has 18 nitrogen and oxygen atoms in total. The van der Waals surface area contributed by atoms with E-state index >= 15 is 8.78 Å². The van der Waals surface area contributed by atoms with E-state index < -0.39 is 115 Å². The molecule has 2 unspecified atom stereocenters. The van der Waals surface area contributed by atoms with E-state index in [4.69, 9.17) is 4.98 Å². The molecule has 2 saturated heterocycles. The number of rotatable bonds is 19. The molecule has 0 radical (unpaired) electrons. The van der Waals surface area contributed by atoms with Crippen LogP contribution in [0.5, 0.6) is 0 Å². The molecule has 4 amide bonds. The van der Waals surface area contributed by atoms with Gasteiger partial charge in [0.2, 0.25) is 5.91 Å². The number of methoxy groups -OCH3 is 2. The quantitative estimate of drug-likeness (QED) is 0.0303. The number of aliphatic hydroxyl groups is 1. The lowest BCUT2D eigenvalue weighted by atomic mass is 9.82. The van der Waals surface area contributed by atoms with Gasteiger partial charge in [0.25, 0.3) is 5.91 Å². The van der Waals surface area contributed by atoms with Crippen LogP contribution < -0.4 is 31.2 Å². The minimum atomic E-state index is -5.23. The van der Waals surface area contributed by atoms with Crippen LogP contribution in [0.15, 0.2) is 91.5 Å². The third-order valence-corrected chi connectivity index (χ3v) is 14.8. The number of amides is 4. The van der Waals surface area contributed by atoms with Crippen LogP contribution in [0, 0.1) is 46.1 Å². The highest BCUT2D eigenvalue weighted by molar-refractivity contribution is 5.87. The fraction of sp³-hybridized carbons (Fsp3) is 0.446. The van der Waals surface area contributed by atoms with Crippen LogP contribution in [0.3, 0.4) is 0 Å². The van der Waals surface area contributed by atoms with Crippen LogP contribution in [-0.4, -0.2) is 137 Å². The van der Waals surface area contributed by atoms with Crippen molar-refractivity contribution in [1.29, 1.82) is 0 Å². The molecule has 5 aromatic rings. The molecule has 5 heterocycles. The second-order valence-electron chi connectivity index (χ2n) is 21.5. The Morgan fingerprint density at radius 2 is 1.25 bits per heavy atom. The van der Waals surface area contributed by atoms with Crippen molar-refractivity contribution in [3.8, 4) is 23.0 Å². The average Bonchev–Trinajstić information content (AvgIpc) is 3.80. The highest BCUT2D eigenvalue weighted by Crippen LogP contribution is 2.42. The normalized spacial score (nSPS) is 17.1. The number of aliphatic hydroxyl groups excluding tert-OH is 1. The summed E-state index contributed by atoms with van der Waals surface area (Å²) in [7, 11) is 1.60.